The molecule has 0 saturated heterocycles. The van der Waals surface area contributed by atoms with E-state index in [1.165, 1.54) is 24.8 Å². The molecule has 91 valence electrons. The standard InChI is InChI=1S/C17H23/c1-16(2)15-9-10-17(16,3)12-14(15)11-13-7-5-4-6-8-13/h4-8,12,14-15H,9-11H2,1-3H3/t14-,15+,17?/m0/s1. The van der Waals surface area contributed by atoms with E-state index in [9.17, 15) is 0 Å². The molecule has 0 heterocycles. The van der Waals surface area contributed by atoms with Crippen LogP contribution in [0.2, 0.25) is 0 Å². The van der Waals surface area contributed by atoms with Crippen LogP contribution in [0.15, 0.2) is 30.3 Å². The third kappa shape index (κ3) is 1.57. The van der Waals surface area contributed by atoms with Gasteiger partial charge in [-0.1, -0.05) is 51.1 Å². The smallest absolute Gasteiger partial charge is 0.0238 e. The molecule has 2 aliphatic carbocycles. The first-order valence-electron chi connectivity index (χ1n) is 6.93. The SMILES string of the molecule is CC12[CH][C@H](Cc3ccccc3)[C@@H](CC1)C2(C)C. The van der Waals surface area contributed by atoms with Crippen molar-refractivity contribution in [3.8, 4) is 0 Å². The number of fused-ring (bicyclic) bond motifs is 2. The summed E-state index contributed by atoms with van der Waals surface area (Å²) in [6.07, 6.45) is 6.74. The lowest BCUT2D eigenvalue weighted by molar-refractivity contribution is 0.170. The number of rotatable bonds is 2. The van der Waals surface area contributed by atoms with Crippen LogP contribution >= 0.6 is 0 Å². The molecule has 0 aliphatic heterocycles. The van der Waals surface area contributed by atoms with Gasteiger partial charge in [-0.2, -0.15) is 0 Å². The van der Waals surface area contributed by atoms with Crippen molar-refractivity contribution in [2.45, 2.75) is 40.0 Å². The van der Waals surface area contributed by atoms with E-state index in [4.69, 9.17) is 0 Å². The Hall–Kier alpha value is -0.780. The van der Waals surface area contributed by atoms with Crippen LogP contribution in [-0.2, 0) is 6.42 Å². The topological polar surface area (TPSA) is 0 Å². The maximum atomic E-state index is 2.67. The zero-order chi connectivity index (χ0) is 12.1. The van der Waals surface area contributed by atoms with Crippen molar-refractivity contribution in [2.24, 2.45) is 22.7 Å². The number of hydrogen-bond donors (Lipinski definition) is 0. The highest BCUT2D eigenvalue weighted by atomic mass is 14.6. The van der Waals surface area contributed by atoms with Crippen LogP contribution in [0.5, 0.6) is 0 Å². The highest BCUT2D eigenvalue weighted by molar-refractivity contribution is 5.23. The van der Waals surface area contributed by atoms with Crippen LogP contribution in [0.4, 0.5) is 0 Å². The van der Waals surface area contributed by atoms with E-state index in [1.54, 1.807) is 0 Å². The second-order valence-corrected chi connectivity index (χ2v) is 6.80. The van der Waals surface area contributed by atoms with Crippen LogP contribution in [0.1, 0.15) is 39.2 Å². The van der Waals surface area contributed by atoms with Crippen molar-refractivity contribution < 1.29 is 0 Å². The van der Waals surface area contributed by atoms with Crippen LogP contribution in [0.25, 0.3) is 0 Å². The summed E-state index contributed by atoms with van der Waals surface area (Å²) in [4.78, 5) is 0. The molecule has 3 rings (SSSR count). The van der Waals surface area contributed by atoms with E-state index in [2.05, 4.69) is 57.5 Å². The van der Waals surface area contributed by atoms with Crippen molar-refractivity contribution in [1.29, 1.82) is 0 Å². The van der Waals surface area contributed by atoms with Crippen molar-refractivity contribution >= 4 is 0 Å². The molecule has 0 aromatic heterocycles. The molecule has 1 radical (unpaired) electrons. The van der Waals surface area contributed by atoms with Crippen molar-refractivity contribution in [1.82, 2.24) is 0 Å². The summed E-state index contributed by atoms with van der Waals surface area (Å²) in [5.41, 5.74) is 2.49. The molecule has 0 heteroatoms. The van der Waals surface area contributed by atoms with Gasteiger partial charge in [0.15, 0.2) is 0 Å². The molecular weight excluding hydrogens is 204 g/mol. The molecule has 0 amide bonds. The van der Waals surface area contributed by atoms with E-state index < -0.39 is 0 Å². The molecule has 3 atom stereocenters. The summed E-state index contributed by atoms with van der Waals surface area (Å²) in [6.45, 7) is 7.43. The second-order valence-electron chi connectivity index (χ2n) is 6.80. The van der Waals surface area contributed by atoms with Gasteiger partial charge in [0.25, 0.3) is 0 Å². The monoisotopic (exact) mass is 227 g/mol. The average molecular weight is 227 g/mol. The molecule has 0 spiro atoms. The van der Waals surface area contributed by atoms with Crippen molar-refractivity contribution in [2.75, 3.05) is 0 Å². The van der Waals surface area contributed by atoms with Crippen LogP contribution in [0.3, 0.4) is 0 Å². The third-order valence-electron chi connectivity index (χ3n) is 5.79. The van der Waals surface area contributed by atoms with Gasteiger partial charge in [-0.3, -0.25) is 0 Å². The summed E-state index contributed by atoms with van der Waals surface area (Å²) < 4.78 is 0. The van der Waals surface area contributed by atoms with Gasteiger partial charge in [0.2, 0.25) is 0 Å². The predicted octanol–water partition coefficient (Wildman–Crippen LogP) is 4.51. The number of benzene rings is 1. The van der Waals surface area contributed by atoms with Crippen LogP contribution in [0, 0.1) is 29.1 Å². The Morgan fingerprint density at radius 1 is 1.12 bits per heavy atom. The van der Waals surface area contributed by atoms with Gasteiger partial charge in [-0.25, -0.2) is 0 Å². The fraction of sp³-hybridized carbons (Fsp3) is 0.588. The van der Waals surface area contributed by atoms with E-state index in [1.807, 2.05) is 0 Å². The van der Waals surface area contributed by atoms with E-state index in [-0.39, 0.29) is 0 Å². The van der Waals surface area contributed by atoms with Gasteiger partial charge >= 0.3 is 0 Å². The highest BCUT2D eigenvalue weighted by Gasteiger charge is 2.60. The first-order chi connectivity index (χ1) is 8.03. The quantitative estimate of drug-likeness (QED) is 0.697. The van der Waals surface area contributed by atoms with Gasteiger partial charge in [-0.05, 0) is 53.9 Å². The van der Waals surface area contributed by atoms with Crippen molar-refractivity contribution in [3.05, 3.63) is 42.3 Å². The Labute approximate surface area is 105 Å². The lowest BCUT2D eigenvalue weighted by Gasteiger charge is -2.33. The maximum absolute atomic E-state index is 2.67. The lowest BCUT2D eigenvalue weighted by Crippen LogP contribution is -2.26. The fourth-order valence-electron chi connectivity index (χ4n) is 4.29. The fourth-order valence-corrected chi connectivity index (χ4v) is 4.29. The normalized spacial score (nSPS) is 38.5. The Bertz CT molecular complexity index is 401. The molecule has 2 bridgehead atoms. The Morgan fingerprint density at radius 2 is 1.82 bits per heavy atom. The van der Waals surface area contributed by atoms with Gasteiger partial charge in [0, 0.05) is 0 Å². The molecule has 17 heavy (non-hydrogen) atoms. The number of hydrogen-bond acceptors (Lipinski definition) is 0. The molecule has 1 unspecified atom stereocenters. The molecule has 0 N–H and O–H groups in total. The van der Waals surface area contributed by atoms with E-state index in [0.717, 1.165) is 11.8 Å². The summed E-state index contributed by atoms with van der Waals surface area (Å²) >= 11 is 0. The minimum absolute atomic E-state index is 0.483. The summed E-state index contributed by atoms with van der Waals surface area (Å²) in [6, 6.07) is 11.0. The summed E-state index contributed by atoms with van der Waals surface area (Å²) in [5, 5.41) is 0. The van der Waals surface area contributed by atoms with E-state index in [0.29, 0.717) is 10.8 Å². The predicted molar refractivity (Wildman–Crippen MR) is 72.5 cm³/mol. The molecule has 2 aliphatic rings. The zero-order valence-corrected chi connectivity index (χ0v) is 11.2. The van der Waals surface area contributed by atoms with Crippen LogP contribution < -0.4 is 0 Å². The summed E-state index contributed by atoms with van der Waals surface area (Å²) in [5.74, 6) is 1.69. The first-order valence-corrected chi connectivity index (χ1v) is 6.93. The van der Waals surface area contributed by atoms with Gasteiger partial charge in [0.05, 0.1) is 0 Å². The molecule has 1 aromatic rings. The molecule has 2 fully saturated rings. The minimum atomic E-state index is 0.483. The minimum Gasteiger partial charge on any atom is -0.0622 e. The Morgan fingerprint density at radius 3 is 2.35 bits per heavy atom. The Kier molecular flexibility index (Phi) is 2.40. The molecule has 1 aromatic carbocycles. The molecule has 2 saturated carbocycles. The van der Waals surface area contributed by atoms with Gasteiger partial charge < -0.3 is 0 Å². The average Bonchev–Trinajstić information content (AvgIpc) is 2.61. The first kappa shape index (κ1) is 11.3. The highest BCUT2D eigenvalue weighted by Crippen LogP contribution is 2.67. The van der Waals surface area contributed by atoms with Crippen molar-refractivity contribution in [3.63, 3.8) is 0 Å². The van der Waals surface area contributed by atoms with E-state index >= 15 is 0 Å². The second kappa shape index (κ2) is 3.60. The zero-order valence-electron chi connectivity index (χ0n) is 11.2. The van der Waals surface area contributed by atoms with Gasteiger partial charge in [-0.15, -0.1) is 0 Å². The maximum Gasteiger partial charge on any atom is -0.0238 e. The molecular formula is C17H23. The Balaban J connectivity index is 1.80. The van der Waals surface area contributed by atoms with Crippen LogP contribution in [-0.4, -0.2) is 0 Å². The third-order valence-corrected chi connectivity index (χ3v) is 5.79. The lowest BCUT2D eigenvalue weighted by atomic mass is 9.71. The molecule has 0 nitrogen and oxygen atoms in total. The summed E-state index contributed by atoms with van der Waals surface area (Å²) in [7, 11) is 0. The van der Waals surface area contributed by atoms with Gasteiger partial charge in [0.1, 0.15) is 0 Å². The largest absolute Gasteiger partial charge is 0.0622 e.